The second kappa shape index (κ2) is 5.54. The predicted octanol–water partition coefficient (Wildman–Crippen LogP) is 1.72. The molecular formula is C12H18ClN3O. The molecule has 1 aromatic heterocycles. The lowest BCUT2D eigenvalue weighted by molar-refractivity contribution is 0.445. The van der Waals surface area contributed by atoms with E-state index in [4.69, 9.17) is 11.6 Å². The molecule has 1 aliphatic heterocycles. The zero-order chi connectivity index (χ0) is 12.3. The van der Waals surface area contributed by atoms with Gasteiger partial charge in [-0.2, -0.15) is 5.10 Å². The minimum absolute atomic E-state index is 0.0682. The fraction of sp³-hybridized carbons (Fsp3) is 0.667. The van der Waals surface area contributed by atoms with Crippen LogP contribution >= 0.6 is 11.6 Å². The van der Waals surface area contributed by atoms with Gasteiger partial charge in [0, 0.05) is 25.0 Å². The summed E-state index contributed by atoms with van der Waals surface area (Å²) in [5.41, 5.74) is 0.869. The first-order chi connectivity index (χ1) is 8.20. The molecule has 0 aliphatic carbocycles. The Bertz CT molecular complexity index is 432. The summed E-state index contributed by atoms with van der Waals surface area (Å²) in [7, 11) is 0. The van der Waals surface area contributed by atoms with E-state index in [1.54, 1.807) is 12.3 Å². The number of rotatable bonds is 3. The van der Waals surface area contributed by atoms with E-state index in [2.05, 4.69) is 16.9 Å². The average Bonchev–Trinajstić information content (AvgIpc) is 2.32. The van der Waals surface area contributed by atoms with Crippen LogP contribution in [0.25, 0.3) is 0 Å². The Morgan fingerprint density at radius 3 is 3.06 bits per heavy atom. The molecule has 5 heteroatoms. The smallest absolute Gasteiger partial charge is 0.268 e. The molecule has 1 fully saturated rings. The average molecular weight is 256 g/mol. The Labute approximate surface area is 106 Å². The van der Waals surface area contributed by atoms with Crippen LogP contribution < -0.4 is 10.5 Å². The van der Waals surface area contributed by atoms with Crippen molar-refractivity contribution >= 4 is 17.3 Å². The van der Waals surface area contributed by atoms with Crippen LogP contribution in [-0.2, 0) is 6.54 Å². The number of hydrogen-bond donors (Lipinski definition) is 0. The molecule has 17 heavy (non-hydrogen) atoms. The molecule has 1 aromatic rings. The van der Waals surface area contributed by atoms with Crippen LogP contribution in [0.15, 0.2) is 17.1 Å². The Hall–Kier alpha value is -1.03. The molecule has 0 saturated carbocycles. The molecule has 0 radical (unpaired) electrons. The van der Waals surface area contributed by atoms with Gasteiger partial charge in [-0.3, -0.25) is 4.79 Å². The quantitative estimate of drug-likeness (QED) is 0.772. The molecule has 0 spiro atoms. The molecule has 1 unspecified atom stereocenters. The van der Waals surface area contributed by atoms with Crippen LogP contribution in [0.5, 0.6) is 0 Å². The van der Waals surface area contributed by atoms with Crippen molar-refractivity contribution < 1.29 is 0 Å². The molecule has 1 saturated heterocycles. The number of aryl methyl sites for hydroxylation is 1. The zero-order valence-corrected chi connectivity index (χ0v) is 10.9. The second-order valence-corrected chi connectivity index (χ2v) is 5.04. The largest absolute Gasteiger partial charge is 0.370 e. The molecule has 2 heterocycles. The highest BCUT2D eigenvalue weighted by Crippen LogP contribution is 2.20. The van der Waals surface area contributed by atoms with E-state index >= 15 is 0 Å². The first kappa shape index (κ1) is 12.4. The minimum Gasteiger partial charge on any atom is -0.370 e. The Morgan fingerprint density at radius 1 is 1.59 bits per heavy atom. The molecule has 2 rings (SSSR count). The van der Waals surface area contributed by atoms with Gasteiger partial charge >= 0.3 is 0 Å². The predicted molar refractivity (Wildman–Crippen MR) is 69.8 cm³/mol. The van der Waals surface area contributed by atoms with E-state index in [1.165, 1.54) is 17.5 Å². The van der Waals surface area contributed by atoms with Gasteiger partial charge in [0.15, 0.2) is 0 Å². The van der Waals surface area contributed by atoms with Crippen molar-refractivity contribution in [1.82, 2.24) is 9.78 Å². The molecule has 0 amide bonds. The van der Waals surface area contributed by atoms with Crippen molar-refractivity contribution in [2.75, 3.05) is 23.9 Å². The third-order valence-corrected chi connectivity index (χ3v) is 3.34. The third-order valence-electron chi connectivity index (χ3n) is 3.17. The topological polar surface area (TPSA) is 38.1 Å². The lowest BCUT2D eigenvalue weighted by Gasteiger charge is -2.32. The van der Waals surface area contributed by atoms with Gasteiger partial charge in [0.2, 0.25) is 0 Å². The van der Waals surface area contributed by atoms with Crippen molar-refractivity contribution in [3.8, 4) is 0 Å². The molecular weight excluding hydrogens is 238 g/mol. The maximum absolute atomic E-state index is 11.8. The zero-order valence-electron chi connectivity index (χ0n) is 10.1. The first-order valence-electron chi connectivity index (χ1n) is 6.09. The summed E-state index contributed by atoms with van der Waals surface area (Å²) in [6, 6.07) is 1.66. The van der Waals surface area contributed by atoms with Gasteiger partial charge in [-0.1, -0.05) is 6.92 Å². The summed E-state index contributed by atoms with van der Waals surface area (Å²) in [4.78, 5) is 14.0. The standard InChI is InChI=1S/C12H18ClN3O/c1-10-3-2-5-15(9-10)11-7-12(17)16(6-4-13)14-8-11/h7-8,10H,2-6,9H2,1H3. The molecule has 0 N–H and O–H groups in total. The van der Waals surface area contributed by atoms with E-state index in [9.17, 15) is 4.79 Å². The highest BCUT2D eigenvalue weighted by molar-refractivity contribution is 6.17. The highest BCUT2D eigenvalue weighted by Gasteiger charge is 2.17. The van der Waals surface area contributed by atoms with E-state index < -0.39 is 0 Å². The Kier molecular flexibility index (Phi) is 4.05. The summed E-state index contributed by atoms with van der Waals surface area (Å²) >= 11 is 5.61. The van der Waals surface area contributed by atoms with Crippen molar-refractivity contribution in [2.24, 2.45) is 5.92 Å². The van der Waals surface area contributed by atoms with Crippen LogP contribution in [0.1, 0.15) is 19.8 Å². The van der Waals surface area contributed by atoms with E-state index in [0.29, 0.717) is 18.3 Å². The van der Waals surface area contributed by atoms with Crippen molar-refractivity contribution in [3.05, 3.63) is 22.6 Å². The summed E-state index contributed by atoms with van der Waals surface area (Å²) in [6.07, 6.45) is 4.23. The van der Waals surface area contributed by atoms with Gasteiger partial charge < -0.3 is 4.90 Å². The Balaban J connectivity index is 2.16. The number of hydrogen-bond acceptors (Lipinski definition) is 3. The molecule has 94 valence electrons. The van der Waals surface area contributed by atoms with Gasteiger partial charge in [0.05, 0.1) is 18.4 Å². The van der Waals surface area contributed by atoms with E-state index in [0.717, 1.165) is 18.8 Å². The monoisotopic (exact) mass is 255 g/mol. The van der Waals surface area contributed by atoms with Crippen LogP contribution in [0.4, 0.5) is 5.69 Å². The summed E-state index contributed by atoms with van der Waals surface area (Å²) in [5, 5.41) is 4.15. The van der Waals surface area contributed by atoms with Crippen LogP contribution in [0.3, 0.4) is 0 Å². The second-order valence-electron chi connectivity index (χ2n) is 4.66. The van der Waals surface area contributed by atoms with Crippen LogP contribution in [0.2, 0.25) is 0 Å². The van der Waals surface area contributed by atoms with Crippen molar-refractivity contribution in [3.63, 3.8) is 0 Å². The molecule has 4 nitrogen and oxygen atoms in total. The van der Waals surface area contributed by atoms with E-state index in [-0.39, 0.29) is 5.56 Å². The number of aromatic nitrogens is 2. The van der Waals surface area contributed by atoms with Gasteiger partial charge in [-0.15, -0.1) is 11.6 Å². The first-order valence-corrected chi connectivity index (χ1v) is 6.62. The van der Waals surface area contributed by atoms with E-state index in [1.807, 2.05) is 0 Å². The Morgan fingerprint density at radius 2 is 2.41 bits per heavy atom. The number of alkyl halides is 1. The fourth-order valence-corrected chi connectivity index (χ4v) is 2.43. The van der Waals surface area contributed by atoms with Crippen molar-refractivity contribution in [2.45, 2.75) is 26.3 Å². The lowest BCUT2D eigenvalue weighted by atomic mass is 10.00. The number of halogens is 1. The molecule has 1 aliphatic rings. The van der Waals surface area contributed by atoms with Crippen molar-refractivity contribution in [1.29, 1.82) is 0 Å². The van der Waals surface area contributed by atoms with Gasteiger partial charge in [-0.25, -0.2) is 4.68 Å². The number of anilines is 1. The van der Waals surface area contributed by atoms with Gasteiger partial charge in [0.25, 0.3) is 5.56 Å². The number of nitrogens with zero attached hydrogens (tertiary/aromatic N) is 3. The highest BCUT2D eigenvalue weighted by atomic mass is 35.5. The SMILES string of the molecule is CC1CCCN(c2cnn(CCCl)c(=O)c2)C1. The summed E-state index contributed by atoms with van der Waals surface area (Å²) in [5.74, 6) is 1.10. The fourth-order valence-electron chi connectivity index (χ4n) is 2.27. The van der Waals surface area contributed by atoms with Gasteiger partial charge in [0.1, 0.15) is 0 Å². The number of piperidine rings is 1. The van der Waals surface area contributed by atoms with Crippen LogP contribution in [-0.4, -0.2) is 28.8 Å². The lowest BCUT2D eigenvalue weighted by Crippen LogP contribution is -2.35. The summed E-state index contributed by atoms with van der Waals surface area (Å²) < 4.78 is 1.41. The maximum atomic E-state index is 11.8. The maximum Gasteiger partial charge on any atom is 0.268 e. The minimum atomic E-state index is -0.0682. The molecule has 1 atom stereocenters. The van der Waals surface area contributed by atoms with Gasteiger partial charge in [-0.05, 0) is 18.8 Å². The normalized spacial score (nSPS) is 20.6. The third kappa shape index (κ3) is 3.00. The van der Waals surface area contributed by atoms with Crippen LogP contribution in [0, 0.1) is 5.92 Å². The summed E-state index contributed by atoms with van der Waals surface area (Å²) in [6.45, 7) is 4.75. The molecule has 0 bridgehead atoms. The molecule has 0 aromatic carbocycles.